The van der Waals surface area contributed by atoms with Gasteiger partial charge in [-0.2, -0.15) is 0 Å². The molecule has 0 spiro atoms. The fourth-order valence-corrected chi connectivity index (χ4v) is 2.43. The Morgan fingerprint density at radius 1 is 1.04 bits per heavy atom. The van der Waals surface area contributed by atoms with Crippen molar-refractivity contribution in [2.75, 3.05) is 23.1 Å². The first-order valence-electron chi connectivity index (χ1n) is 8.80. The van der Waals surface area contributed by atoms with Crippen molar-refractivity contribution in [2.45, 2.75) is 13.8 Å². The Kier molecular flexibility index (Phi) is 5.91. The number of nitrogens with one attached hydrogen (secondary N) is 3. The second-order valence-electron chi connectivity index (χ2n) is 6.01. The van der Waals surface area contributed by atoms with E-state index >= 15 is 0 Å². The maximum Gasteiger partial charge on any atom is 0.269 e. The SMILES string of the molecule is CCOc1ccc(Nc2ncnc(NNC(=O)c3ccc(C)cc3)c2N)cc1. The van der Waals surface area contributed by atoms with Crippen LogP contribution in [0.3, 0.4) is 0 Å². The molecule has 0 unspecified atom stereocenters. The summed E-state index contributed by atoms with van der Waals surface area (Å²) in [6.07, 6.45) is 1.35. The number of nitrogens with zero attached hydrogens (tertiary/aromatic N) is 2. The number of aromatic nitrogens is 2. The third-order valence-electron chi connectivity index (χ3n) is 3.92. The standard InChI is InChI=1S/C20H22N6O2/c1-3-28-16-10-8-15(9-11-16)24-18-17(21)19(23-12-22-18)25-26-20(27)14-6-4-13(2)5-7-14/h4-12H,3,21H2,1-2H3,(H,26,27)(H2,22,23,24,25). The third kappa shape index (κ3) is 4.67. The van der Waals surface area contributed by atoms with E-state index in [2.05, 4.69) is 26.1 Å². The molecular formula is C20H22N6O2. The Hall–Kier alpha value is -3.81. The first-order valence-corrected chi connectivity index (χ1v) is 8.80. The molecule has 28 heavy (non-hydrogen) atoms. The quantitative estimate of drug-likeness (QED) is 0.467. The normalized spacial score (nSPS) is 10.2. The van der Waals surface area contributed by atoms with Gasteiger partial charge in [0.1, 0.15) is 17.8 Å². The van der Waals surface area contributed by atoms with Gasteiger partial charge in [0.05, 0.1) is 6.61 Å². The molecule has 3 rings (SSSR count). The molecule has 144 valence electrons. The number of hydrogen-bond acceptors (Lipinski definition) is 7. The number of hydrazine groups is 1. The van der Waals surface area contributed by atoms with E-state index in [0.717, 1.165) is 17.0 Å². The van der Waals surface area contributed by atoms with E-state index in [4.69, 9.17) is 10.5 Å². The van der Waals surface area contributed by atoms with Gasteiger partial charge in [-0.25, -0.2) is 9.97 Å². The highest BCUT2D eigenvalue weighted by molar-refractivity contribution is 5.95. The van der Waals surface area contributed by atoms with Crippen LogP contribution in [-0.2, 0) is 0 Å². The van der Waals surface area contributed by atoms with Gasteiger partial charge < -0.3 is 15.8 Å². The van der Waals surface area contributed by atoms with Crippen molar-refractivity contribution in [2.24, 2.45) is 0 Å². The van der Waals surface area contributed by atoms with Crippen LogP contribution >= 0.6 is 0 Å². The molecule has 0 fully saturated rings. The number of nitrogen functional groups attached to an aromatic ring is 1. The van der Waals surface area contributed by atoms with E-state index in [1.807, 2.05) is 50.2 Å². The van der Waals surface area contributed by atoms with Gasteiger partial charge in [-0.3, -0.25) is 15.6 Å². The van der Waals surface area contributed by atoms with Gasteiger partial charge in [-0.05, 0) is 50.2 Å². The van der Waals surface area contributed by atoms with Crippen molar-refractivity contribution in [3.8, 4) is 5.75 Å². The van der Waals surface area contributed by atoms with Crippen molar-refractivity contribution in [3.63, 3.8) is 0 Å². The molecule has 0 aliphatic rings. The van der Waals surface area contributed by atoms with Gasteiger partial charge in [0.25, 0.3) is 5.91 Å². The van der Waals surface area contributed by atoms with Gasteiger partial charge in [-0.15, -0.1) is 0 Å². The number of aryl methyl sites for hydroxylation is 1. The minimum Gasteiger partial charge on any atom is -0.494 e. The number of amides is 1. The van der Waals surface area contributed by atoms with Gasteiger partial charge in [0.15, 0.2) is 11.6 Å². The molecule has 1 aromatic heterocycles. The molecule has 1 amide bonds. The second kappa shape index (κ2) is 8.72. The van der Waals surface area contributed by atoms with Crippen LogP contribution in [0.4, 0.5) is 23.0 Å². The Morgan fingerprint density at radius 3 is 2.39 bits per heavy atom. The lowest BCUT2D eigenvalue weighted by atomic mass is 10.1. The lowest BCUT2D eigenvalue weighted by Crippen LogP contribution is -2.30. The molecule has 1 heterocycles. The Labute approximate surface area is 163 Å². The predicted molar refractivity (Wildman–Crippen MR) is 110 cm³/mol. The van der Waals surface area contributed by atoms with E-state index in [1.54, 1.807) is 12.1 Å². The summed E-state index contributed by atoms with van der Waals surface area (Å²) in [4.78, 5) is 20.4. The average Bonchev–Trinajstić information content (AvgIpc) is 2.70. The first kappa shape index (κ1) is 19.0. The fourth-order valence-electron chi connectivity index (χ4n) is 2.43. The van der Waals surface area contributed by atoms with Crippen LogP contribution in [-0.4, -0.2) is 22.5 Å². The maximum atomic E-state index is 12.2. The van der Waals surface area contributed by atoms with Crippen LogP contribution in [0.15, 0.2) is 54.9 Å². The molecule has 8 nitrogen and oxygen atoms in total. The molecule has 0 aliphatic heterocycles. The van der Waals surface area contributed by atoms with E-state index in [9.17, 15) is 4.79 Å². The highest BCUT2D eigenvalue weighted by Gasteiger charge is 2.10. The zero-order valence-corrected chi connectivity index (χ0v) is 15.7. The summed E-state index contributed by atoms with van der Waals surface area (Å²) in [7, 11) is 0. The van der Waals surface area contributed by atoms with E-state index in [-0.39, 0.29) is 11.6 Å². The van der Waals surface area contributed by atoms with E-state index < -0.39 is 0 Å². The molecule has 0 atom stereocenters. The van der Waals surface area contributed by atoms with Crippen molar-refractivity contribution >= 4 is 28.9 Å². The molecule has 0 bridgehead atoms. The van der Waals surface area contributed by atoms with Crippen LogP contribution in [0.2, 0.25) is 0 Å². The topological polar surface area (TPSA) is 114 Å². The van der Waals surface area contributed by atoms with Crippen LogP contribution in [0, 0.1) is 6.92 Å². The minimum absolute atomic E-state index is 0.278. The summed E-state index contributed by atoms with van der Waals surface area (Å²) in [5.74, 6) is 1.21. The minimum atomic E-state index is -0.293. The molecule has 0 radical (unpaired) electrons. The summed E-state index contributed by atoms with van der Waals surface area (Å²) in [6.45, 7) is 4.50. The zero-order chi connectivity index (χ0) is 19.9. The van der Waals surface area contributed by atoms with Crippen molar-refractivity contribution < 1.29 is 9.53 Å². The monoisotopic (exact) mass is 378 g/mol. The largest absolute Gasteiger partial charge is 0.494 e. The van der Waals surface area contributed by atoms with Crippen LogP contribution in [0.25, 0.3) is 0 Å². The molecule has 0 aliphatic carbocycles. The maximum absolute atomic E-state index is 12.2. The van der Waals surface area contributed by atoms with Crippen LogP contribution in [0.5, 0.6) is 5.75 Å². The van der Waals surface area contributed by atoms with Crippen molar-refractivity contribution in [3.05, 3.63) is 66.0 Å². The smallest absolute Gasteiger partial charge is 0.269 e. The number of rotatable bonds is 7. The highest BCUT2D eigenvalue weighted by atomic mass is 16.5. The van der Waals surface area contributed by atoms with E-state index in [1.165, 1.54) is 6.33 Å². The van der Waals surface area contributed by atoms with Crippen molar-refractivity contribution in [1.82, 2.24) is 15.4 Å². The lowest BCUT2D eigenvalue weighted by Gasteiger charge is -2.13. The molecule has 0 saturated carbocycles. The van der Waals surface area contributed by atoms with Crippen molar-refractivity contribution in [1.29, 1.82) is 0 Å². The third-order valence-corrected chi connectivity index (χ3v) is 3.92. The second-order valence-corrected chi connectivity index (χ2v) is 6.01. The fraction of sp³-hybridized carbons (Fsp3) is 0.150. The van der Waals surface area contributed by atoms with Gasteiger partial charge >= 0.3 is 0 Å². The van der Waals surface area contributed by atoms with Gasteiger partial charge in [0.2, 0.25) is 0 Å². The predicted octanol–water partition coefficient (Wildman–Crippen LogP) is 3.27. The lowest BCUT2D eigenvalue weighted by molar-refractivity contribution is 0.0962. The number of anilines is 4. The number of carbonyl (C=O) groups excluding carboxylic acids is 1. The first-order chi connectivity index (χ1) is 13.6. The molecule has 3 aromatic rings. The molecule has 8 heteroatoms. The summed E-state index contributed by atoms with van der Waals surface area (Å²) in [5.41, 5.74) is 14.1. The summed E-state index contributed by atoms with van der Waals surface area (Å²) in [5, 5.41) is 3.12. The van der Waals surface area contributed by atoms with E-state index in [0.29, 0.717) is 23.8 Å². The number of nitrogens with two attached hydrogens (primary N) is 1. The summed E-state index contributed by atoms with van der Waals surface area (Å²) >= 11 is 0. The molecular weight excluding hydrogens is 356 g/mol. The highest BCUT2D eigenvalue weighted by Crippen LogP contribution is 2.26. The number of hydrogen-bond donors (Lipinski definition) is 4. The van der Waals surface area contributed by atoms with Crippen LogP contribution in [0.1, 0.15) is 22.8 Å². The number of carbonyl (C=O) groups is 1. The number of benzene rings is 2. The molecule has 0 saturated heterocycles. The number of ether oxygens (including phenoxy) is 1. The Balaban J connectivity index is 1.66. The molecule has 5 N–H and O–H groups in total. The van der Waals surface area contributed by atoms with Gasteiger partial charge in [-0.1, -0.05) is 17.7 Å². The van der Waals surface area contributed by atoms with Crippen LogP contribution < -0.4 is 26.6 Å². The average molecular weight is 378 g/mol. The molecule has 2 aromatic carbocycles. The Morgan fingerprint density at radius 2 is 1.71 bits per heavy atom. The zero-order valence-electron chi connectivity index (χ0n) is 15.7. The Bertz CT molecular complexity index is 942. The summed E-state index contributed by atoms with van der Waals surface area (Å²) in [6, 6.07) is 14.6. The van der Waals surface area contributed by atoms with Gasteiger partial charge in [0, 0.05) is 11.3 Å². The summed E-state index contributed by atoms with van der Waals surface area (Å²) < 4.78 is 5.42.